The van der Waals surface area contributed by atoms with E-state index in [1.165, 1.54) is 0 Å². The first-order valence-electron chi connectivity index (χ1n) is 28.1. The van der Waals surface area contributed by atoms with Crippen molar-refractivity contribution in [3.63, 3.8) is 0 Å². The average molecular weight is 1300 g/mol. The van der Waals surface area contributed by atoms with E-state index >= 15 is 0 Å². The maximum absolute atomic E-state index is 11.8. The van der Waals surface area contributed by atoms with Crippen LogP contribution in [0.25, 0.3) is 0 Å². The molecule has 512 valence electrons. The summed E-state index contributed by atoms with van der Waals surface area (Å²) in [5, 5.41) is 265. The van der Waals surface area contributed by atoms with E-state index in [4.69, 9.17) is 75.8 Å². The van der Waals surface area contributed by atoms with Gasteiger partial charge in [0.15, 0.2) is 50.3 Å². The summed E-state index contributed by atoms with van der Waals surface area (Å²) in [7, 11) is 0. The zero-order chi connectivity index (χ0) is 64.1. The fourth-order valence-corrected chi connectivity index (χ4v) is 11.8. The predicted molar refractivity (Wildman–Crippen MR) is 261 cm³/mol. The molecule has 0 unspecified atom stereocenters. The van der Waals surface area contributed by atoms with Gasteiger partial charge in [0.25, 0.3) is 0 Å². The molecule has 0 amide bonds. The van der Waals surface area contributed by atoms with Gasteiger partial charge in [-0.1, -0.05) is 0 Å². The molecule has 22 saturated heterocycles. The molecule has 88 heavy (non-hydrogen) atoms. The van der Waals surface area contributed by atoms with Gasteiger partial charge in [0.1, 0.15) is 195 Å². The number of aliphatic hydroxyl groups excluding tert-OH is 24. The minimum atomic E-state index is -2.35. The SMILES string of the molecule is OC[C@H]1O[C@H](OC[C@H]2O[C@@H]3O[C@H]4[C@H](O)[C@@H](O)[C@@H](O[C@H]5[C@H](O)[C@@H](O)[C@@H](O[C@H]6[C@H](O)[C@@H](O)[C@@H](O[C@H]7[C@H](O)[C@@H](O)[C@@H](O[C@H]8[C@H](O)[C@@H](O)[C@@H](O[C@H]9[C@H](O)[C@@H](O)[C@@H](O[C@H]2[C@H](O)[C@H]3O)O[C@@H]9CO)O[C@@H]8CO)O[C@@H]7CO)O[C@@H]6CO)O[C@@H]5CO)O[C@@H]4CO)[C@@H](O)[C@@H](O)[C@@H]1O. The molecule has 0 saturated carbocycles. The van der Waals surface area contributed by atoms with Gasteiger partial charge in [-0.3, -0.25) is 0 Å². The van der Waals surface area contributed by atoms with E-state index in [9.17, 15) is 123 Å². The van der Waals surface area contributed by atoms with Crippen molar-refractivity contribution in [2.24, 2.45) is 0 Å². The van der Waals surface area contributed by atoms with E-state index in [2.05, 4.69) is 0 Å². The molecule has 0 aliphatic carbocycles. The first kappa shape index (κ1) is 70.7. The topological polar surface area (TPSA) is 633 Å². The third kappa shape index (κ3) is 13.9. The first-order chi connectivity index (χ1) is 41.9. The summed E-state index contributed by atoms with van der Waals surface area (Å²) in [4.78, 5) is 0. The highest BCUT2D eigenvalue weighted by Gasteiger charge is 2.60. The van der Waals surface area contributed by atoms with Crippen molar-refractivity contribution >= 4 is 0 Å². The molecule has 40 heteroatoms. The van der Waals surface area contributed by atoms with Crippen LogP contribution in [0.3, 0.4) is 0 Å². The Hall–Kier alpha value is -1.60. The van der Waals surface area contributed by atoms with Crippen LogP contribution in [0.5, 0.6) is 0 Å². The molecule has 22 heterocycles. The van der Waals surface area contributed by atoms with Crippen LogP contribution in [-0.2, 0) is 75.8 Å². The van der Waals surface area contributed by atoms with Crippen molar-refractivity contribution in [3.05, 3.63) is 0 Å². The summed E-state index contributed by atoms with van der Waals surface area (Å²) in [5.74, 6) is 0. The minimum Gasteiger partial charge on any atom is -0.394 e. The highest BCUT2D eigenvalue weighted by molar-refractivity contribution is 5.02. The lowest BCUT2D eigenvalue weighted by molar-refractivity contribution is -0.399. The smallest absolute Gasteiger partial charge is 0.187 e. The van der Waals surface area contributed by atoms with Gasteiger partial charge in [-0.25, -0.2) is 0 Å². The Morgan fingerprint density at radius 1 is 0.182 bits per heavy atom. The third-order valence-electron chi connectivity index (χ3n) is 16.9. The standard InChI is InChI=1S/C48H80O40/c49-1-9-17(56)18(57)26(65)41(74-9)73-8-16-40-25(64)33(72)48(81-16)87-39-15(7-55)79-46(31(70)23(39)62)85-37-13(5-53)77-44(29(68)21(37)60)83-35-11(3-51)75-42(27(66)19(35)58)82-34-10(2-50)76-43(28(67)20(34)59)84-36-12(4-52)78-45(30(69)22(36)61)86-38-14(6-54)80-47(88-40)32(71)24(38)63/h9-72H,1-8H2/t9-,10-,11-,12-,13-,14-,15-,16-,17-,18+,19-,20-,21-,22-,23-,24-,25-,26+,27-,28-,29-,30-,31-,32-,33-,34-,35-,36-,37-,38-,39-,40-,41+,42-,43-,44-,45-,46-,47-,48-/m1/s1. The highest BCUT2D eigenvalue weighted by atomic mass is 16.8. The summed E-state index contributed by atoms with van der Waals surface area (Å²) in [5.41, 5.74) is 0. The molecule has 0 radical (unpaired) electrons. The molecule has 22 aliphatic rings. The molecular weight excluding hydrogens is 1220 g/mol. The van der Waals surface area contributed by atoms with Gasteiger partial charge in [-0.2, -0.15) is 0 Å². The average Bonchev–Trinajstić information content (AvgIpc) is 2.18. The van der Waals surface area contributed by atoms with E-state index in [1.54, 1.807) is 0 Å². The van der Waals surface area contributed by atoms with Crippen LogP contribution in [0.1, 0.15) is 0 Å². The van der Waals surface area contributed by atoms with Crippen LogP contribution in [-0.4, -0.2) is 421 Å². The fraction of sp³-hybridized carbons (Fsp3) is 1.00. The first-order valence-corrected chi connectivity index (χ1v) is 28.1. The number of aliphatic hydroxyl groups is 24. The molecule has 40 nitrogen and oxygen atoms in total. The number of hydrogen-bond acceptors (Lipinski definition) is 40. The number of ether oxygens (including phenoxy) is 16. The molecule has 0 aromatic heterocycles. The van der Waals surface area contributed by atoms with E-state index in [-0.39, 0.29) is 0 Å². The Kier molecular flexibility index (Phi) is 24.1. The van der Waals surface area contributed by atoms with Gasteiger partial charge in [0.05, 0.1) is 52.9 Å². The maximum atomic E-state index is 11.8. The second-order valence-corrected chi connectivity index (χ2v) is 22.5. The molecule has 0 spiro atoms. The maximum Gasteiger partial charge on any atom is 0.187 e. The van der Waals surface area contributed by atoms with Crippen molar-refractivity contribution in [1.82, 2.24) is 0 Å². The molecule has 22 fully saturated rings. The molecule has 24 N–H and O–H groups in total. The van der Waals surface area contributed by atoms with Crippen LogP contribution in [0, 0.1) is 0 Å². The Bertz CT molecular complexity index is 2130. The zero-order valence-corrected chi connectivity index (χ0v) is 46.0. The lowest BCUT2D eigenvalue weighted by Gasteiger charge is -2.50. The second kappa shape index (κ2) is 30.0. The van der Waals surface area contributed by atoms with Crippen LogP contribution in [0.4, 0.5) is 0 Å². The summed E-state index contributed by atoms with van der Waals surface area (Å²) in [6.07, 6.45) is -82.6. The molecule has 14 bridgehead atoms. The summed E-state index contributed by atoms with van der Waals surface area (Å²) >= 11 is 0. The van der Waals surface area contributed by atoms with Crippen LogP contribution < -0.4 is 0 Å². The molecule has 22 rings (SSSR count). The molecule has 22 aliphatic heterocycles. The lowest BCUT2D eigenvalue weighted by Crippen LogP contribution is -2.68. The van der Waals surface area contributed by atoms with Crippen molar-refractivity contribution in [2.75, 3.05) is 52.9 Å². The van der Waals surface area contributed by atoms with Crippen LogP contribution >= 0.6 is 0 Å². The van der Waals surface area contributed by atoms with Gasteiger partial charge < -0.3 is 198 Å². The van der Waals surface area contributed by atoms with Crippen LogP contribution in [0.15, 0.2) is 0 Å². The second-order valence-electron chi connectivity index (χ2n) is 22.5. The minimum absolute atomic E-state index is 0.919. The normalized spacial score (nSPS) is 55.2. The lowest BCUT2D eigenvalue weighted by atomic mass is 9.95. The molecule has 0 aromatic rings. The quantitative estimate of drug-likeness (QED) is 0.0966. The van der Waals surface area contributed by atoms with Crippen molar-refractivity contribution < 1.29 is 198 Å². The Labute approximate surface area is 496 Å². The Morgan fingerprint density at radius 2 is 0.375 bits per heavy atom. The van der Waals surface area contributed by atoms with Crippen molar-refractivity contribution in [2.45, 2.75) is 246 Å². The van der Waals surface area contributed by atoms with Crippen molar-refractivity contribution in [3.8, 4) is 0 Å². The zero-order valence-electron chi connectivity index (χ0n) is 46.0. The van der Waals surface area contributed by atoms with Gasteiger partial charge >= 0.3 is 0 Å². The van der Waals surface area contributed by atoms with E-state index in [0.29, 0.717) is 0 Å². The summed E-state index contributed by atoms with van der Waals surface area (Å²) in [6, 6.07) is 0. The summed E-state index contributed by atoms with van der Waals surface area (Å²) in [6.45, 7) is -8.51. The molecule has 0 aromatic carbocycles. The monoisotopic (exact) mass is 1300 g/mol. The number of hydrogen-bond donors (Lipinski definition) is 24. The molecular formula is C48H80O40. The summed E-state index contributed by atoms with van der Waals surface area (Å²) < 4.78 is 91.6. The predicted octanol–water partition coefficient (Wildman–Crippen LogP) is -17.4. The van der Waals surface area contributed by atoms with Gasteiger partial charge in [0.2, 0.25) is 0 Å². The van der Waals surface area contributed by atoms with E-state index < -0.39 is 299 Å². The van der Waals surface area contributed by atoms with Crippen LogP contribution in [0.2, 0.25) is 0 Å². The molecule has 40 atom stereocenters. The van der Waals surface area contributed by atoms with Gasteiger partial charge in [0, 0.05) is 0 Å². The van der Waals surface area contributed by atoms with E-state index in [1.807, 2.05) is 0 Å². The van der Waals surface area contributed by atoms with Gasteiger partial charge in [-0.05, 0) is 0 Å². The van der Waals surface area contributed by atoms with E-state index in [0.717, 1.165) is 0 Å². The van der Waals surface area contributed by atoms with Crippen molar-refractivity contribution in [1.29, 1.82) is 0 Å². The largest absolute Gasteiger partial charge is 0.394 e. The fourth-order valence-electron chi connectivity index (χ4n) is 11.8. The number of rotatable bonds is 10. The Morgan fingerprint density at radius 3 is 0.580 bits per heavy atom. The third-order valence-corrected chi connectivity index (χ3v) is 16.9. The highest BCUT2D eigenvalue weighted by Crippen LogP contribution is 2.39. The van der Waals surface area contributed by atoms with Gasteiger partial charge in [-0.15, -0.1) is 0 Å². The Balaban J connectivity index is 1.02.